The molecule has 0 aliphatic carbocycles. The summed E-state index contributed by atoms with van der Waals surface area (Å²) >= 11 is 3.37. The van der Waals surface area contributed by atoms with Gasteiger partial charge in [0.2, 0.25) is 0 Å². The lowest BCUT2D eigenvalue weighted by atomic mass is 9.99. The molecule has 0 radical (unpaired) electrons. The topological polar surface area (TPSA) is 33.4 Å². The number of benzene rings is 2. The Labute approximate surface area is 113 Å². The summed E-state index contributed by atoms with van der Waals surface area (Å²) in [6.45, 7) is 0. The van der Waals surface area contributed by atoms with Crippen molar-refractivity contribution >= 4 is 26.7 Å². The van der Waals surface area contributed by atoms with Crippen molar-refractivity contribution in [1.29, 1.82) is 0 Å². The number of halogens is 1. The van der Waals surface area contributed by atoms with Crippen LogP contribution in [0.1, 0.15) is 17.4 Å². The first-order chi connectivity index (χ1) is 8.77. The smallest absolute Gasteiger partial charge is 0.150 e. The molecule has 0 saturated carbocycles. The van der Waals surface area contributed by atoms with Crippen molar-refractivity contribution in [2.75, 3.05) is 0 Å². The summed E-state index contributed by atoms with van der Waals surface area (Å²) in [6, 6.07) is 15.7. The number of fused-ring (bicyclic) bond motifs is 1. The van der Waals surface area contributed by atoms with E-state index in [1.165, 1.54) is 0 Å². The average molecular weight is 303 g/mol. The van der Waals surface area contributed by atoms with Gasteiger partial charge in [-0.15, -0.1) is 0 Å². The molecular formula is C15H11BrO2. The highest BCUT2D eigenvalue weighted by atomic mass is 79.9. The van der Waals surface area contributed by atoms with E-state index in [0.717, 1.165) is 20.8 Å². The van der Waals surface area contributed by atoms with Crippen LogP contribution in [0.5, 0.6) is 0 Å². The quantitative estimate of drug-likeness (QED) is 0.766. The molecular weight excluding hydrogens is 292 g/mol. The van der Waals surface area contributed by atoms with E-state index in [-0.39, 0.29) is 0 Å². The highest BCUT2D eigenvalue weighted by Gasteiger charge is 2.18. The summed E-state index contributed by atoms with van der Waals surface area (Å²) in [4.78, 5) is 0. The van der Waals surface area contributed by atoms with E-state index in [9.17, 15) is 5.11 Å². The Morgan fingerprint density at radius 1 is 1.00 bits per heavy atom. The lowest BCUT2D eigenvalue weighted by Gasteiger charge is -2.12. The summed E-state index contributed by atoms with van der Waals surface area (Å²) in [7, 11) is 0. The number of aliphatic hydroxyl groups is 1. The minimum atomic E-state index is -0.763. The SMILES string of the molecule is OC(c1occc1Br)c1cccc2ccccc12. The van der Waals surface area contributed by atoms with E-state index in [2.05, 4.69) is 15.9 Å². The molecule has 2 nitrogen and oxygen atoms in total. The molecule has 1 aromatic heterocycles. The monoisotopic (exact) mass is 302 g/mol. The van der Waals surface area contributed by atoms with Crippen molar-refractivity contribution in [1.82, 2.24) is 0 Å². The molecule has 18 heavy (non-hydrogen) atoms. The van der Waals surface area contributed by atoms with Crippen LogP contribution in [0.3, 0.4) is 0 Å². The van der Waals surface area contributed by atoms with Crippen molar-refractivity contribution in [2.45, 2.75) is 6.10 Å². The van der Waals surface area contributed by atoms with Crippen LogP contribution in [-0.4, -0.2) is 5.11 Å². The zero-order valence-corrected chi connectivity index (χ0v) is 11.1. The normalized spacial score (nSPS) is 12.8. The van der Waals surface area contributed by atoms with Gasteiger partial charge in [0.05, 0.1) is 10.7 Å². The third-order valence-corrected chi connectivity index (χ3v) is 3.67. The fraction of sp³-hybridized carbons (Fsp3) is 0.0667. The standard InChI is InChI=1S/C15H11BrO2/c16-13-8-9-18-15(13)14(17)12-7-3-5-10-4-1-2-6-11(10)12/h1-9,14,17H. The molecule has 0 aliphatic rings. The number of furan rings is 1. The van der Waals surface area contributed by atoms with E-state index in [1.54, 1.807) is 12.3 Å². The minimum absolute atomic E-state index is 0.534. The number of hydrogen-bond acceptors (Lipinski definition) is 2. The first-order valence-electron chi connectivity index (χ1n) is 5.66. The first kappa shape index (κ1) is 11.5. The van der Waals surface area contributed by atoms with Crippen LogP contribution in [0.15, 0.2) is 63.7 Å². The minimum Gasteiger partial charge on any atom is -0.465 e. The van der Waals surface area contributed by atoms with Crippen LogP contribution < -0.4 is 0 Å². The summed E-state index contributed by atoms with van der Waals surface area (Å²) < 4.78 is 6.11. The summed E-state index contributed by atoms with van der Waals surface area (Å²) in [5.74, 6) is 0.534. The van der Waals surface area contributed by atoms with Gasteiger partial charge in [0.1, 0.15) is 6.10 Å². The molecule has 0 amide bonds. The van der Waals surface area contributed by atoms with E-state index < -0.39 is 6.10 Å². The summed E-state index contributed by atoms with van der Waals surface area (Å²) in [5.41, 5.74) is 0.851. The second-order valence-electron chi connectivity index (χ2n) is 4.10. The zero-order chi connectivity index (χ0) is 12.5. The van der Waals surface area contributed by atoms with Gasteiger partial charge in [-0.3, -0.25) is 0 Å². The molecule has 1 heterocycles. The van der Waals surface area contributed by atoms with Gasteiger partial charge in [0.25, 0.3) is 0 Å². The molecule has 2 aromatic carbocycles. The van der Waals surface area contributed by atoms with Gasteiger partial charge in [0.15, 0.2) is 5.76 Å². The van der Waals surface area contributed by atoms with Gasteiger partial charge < -0.3 is 9.52 Å². The summed E-state index contributed by atoms with van der Waals surface area (Å²) in [6.07, 6.45) is 0.800. The lowest BCUT2D eigenvalue weighted by Crippen LogP contribution is -1.99. The molecule has 1 unspecified atom stereocenters. The van der Waals surface area contributed by atoms with Crippen LogP contribution in [0, 0.1) is 0 Å². The average Bonchev–Trinajstić information content (AvgIpc) is 2.83. The zero-order valence-electron chi connectivity index (χ0n) is 9.51. The van der Waals surface area contributed by atoms with Gasteiger partial charge in [-0.2, -0.15) is 0 Å². The lowest BCUT2D eigenvalue weighted by molar-refractivity contribution is 0.189. The number of rotatable bonds is 2. The number of aliphatic hydroxyl groups excluding tert-OH is 1. The van der Waals surface area contributed by atoms with Crippen LogP contribution in [0.2, 0.25) is 0 Å². The van der Waals surface area contributed by atoms with Crippen molar-refractivity contribution in [3.63, 3.8) is 0 Å². The van der Waals surface area contributed by atoms with E-state index in [4.69, 9.17) is 4.42 Å². The van der Waals surface area contributed by atoms with Crippen molar-refractivity contribution in [3.8, 4) is 0 Å². The van der Waals surface area contributed by atoms with Crippen LogP contribution in [-0.2, 0) is 0 Å². The van der Waals surface area contributed by atoms with Gasteiger partial charge >= 0.3 is 0 Å². The van der Waals surface area contributed by atoms with Gasteiger partial charge in [-0.25, -0.2) is 0 Å². The van der Waals surface area contributed by atoms with E-state index in [0.29, 0.717) is 5.76 Å². The Balaban J connectivity index is 2.18. The maximum absolute atomic E-state index is 10.4. The highest BCUT2D eigenvalue weighted by Crippen LogP contribution is 2.33. The largest absolute Gasteiger partial charge is 0.465 e. The van der Waals surface area contributed by atoms with Crippen molar-refractivity contribution in [3.05, 3.63) is 70.6 Å². The Morgan fingerprint density at radius 2 is 1.78 bits per heavy atom. The Kier molecular flexibility index (Phi) is 2.94. The fourth-order valence-electron chi connectivity index (χ4n) is 2.13. The number of hydrogen-bond donors (Lipinski definition) is 1. The van der Waals surface area contributed by atoms with Crippen molar-refractivity contribution in [2.24, 2.45) is 0 Å². The molecule has 1 atom stereocenters. The first-order valence-corrected chi connectivity index (χ1v) is 6.45. The molecule has 0 spiro atoms. The highest BCUT2D eigenvalue weighted by molar-refractivity contribution is 9.10. The molecule has 0 aliphatic heterocycles. The Bertz CT molecular complexity index is 682. The van der Waals surface area contributed by atoms with Crippen LogP contribution in [0.4, 0.5) is 0 Å². The molecule has 0 saturated heterocycles. The molecule has 3 aromatic rings. The third-order valence-electron chi connectivity index (χ3n) is 3.01. The molecule has 3 heteroatoms. The molecule has 1 N–H and O–H groups in total. The molecule has 0 bridgehead atoms. The Morgan fingerprint density at radius 3 is 2.56 bits per heavy atom. The van der Waals surface area contributed by atoms with Crippen LogP contribution >= 0.6 is 15.9 Å². The second-order valence-corrected chi connectivity index (χ2v) is 4.96. The van der Waals surface area contributed by atoms with E-state index >= 15 is 0 Å². The molecule has 90 valence electrons. The van der Waals surface area contributed by atoms with Gasteiger partial charge in [-0.1, -0.05) is 42.5 Å². The fourth-order valence-corrected chi connectivity index (χ4v) is 2.55. The second kappa shape index (κ2) is 4.59. The van der Waals surface area contributed by atoms with Gasteiger partial charge in [-0.05, 0) is 38.3 Å². The van der Waals surface area contributed by atoms with E-state index in [1.807, 2.05) is 42.5 Å². The third kappa shape index (κ3) is 1.85. The van der Waals surface area contributed by atoms with Crippen molar-refractivity contribution < 1.29 is 9.52 Å². The van der Waals surface area contributed by atoms with Crippen LogP contribution in [0.25, 0.3) is 10.8 Å². The summed E-state index contributed by atoms with van der Waals surface area (Å²) in [5, 5.41) is 12.6. The predicted octanol–water partition coefficient (Wildman–Crippen LogP) is 4.28. The van der Waals surface area contributed by atoms with Gasteiger partial charge in [0, 0.05) is 0 Å². The maximum Gasteiger partial charge on any atom is 0.150 e. The molecule has 0 fully saturated rings. The predicted molar refractivity (Wildman–Crippen MR) is 74.4 cm³/mol. The molecule has 3 rings (SSSR count). The maximum atomic E-state index is 10.4. The Hall–Kier alpha value is -1.58.